The van der Waals surface area contributed by atoms with Crippen molar-refractivity contribution in [2.45, 2.75) is 0 Å². The van der Waals surface area contributed by atoms with Crippen LogP contribution in [0.25, 0.3) is 11.1 Å². The van der Waals surface area contributed by atoms with Crippen LogP contribution in [0.1, 0.15) is 0 Å². The van der Waals surface area contributed by atoms with Crippen molar-refractivity contribution in [3.63, 3.8) is 0 Å². The normalized spacial score (nSPS) is 8.53. The molecule has 1 heterocycles. The number of hydrogen-bond donors (Lipinski definition) is 1. The number of benzene rings is 1. The predicted octanol–water partition coefficient (Wildman–Crippen LogP) is 3.17. The van der Waals surface area contributed by atoms with E-state index < -0.39 is 0 Å². The molecule has 0 fully saturated rings. The molecule has 0 atom stereocenters. The lowest BCUT2D eigenvalue weighted by molar-refractivity contribution is 1.33. The monoisotopic (exact) mass is 242 g/mol. The van der Waals surface area contributed by atoms with E-state index in [-0.39, 0.29) is 24.8 Å². The summed E-state index contributed by atoms with van der Waals surface area (Å²) in [6.07, 6.45) is 3.42. The molecule has 2 aromatic rings. The van der Waals surface area contributed by atoms with Gasteiger partial charge in [-0.05, 0) is 11.6 Å². The van der Waals surface area contributed by atoms with E-state index in [0.29, 0.717) is 5.69 Å². The number of nitrogens with two attached hydrogens (primary N) is 1. The van der Waals surface area contributed by atoms with Crippen molar-refractivity contribution in [3.05, 3.63) is 48.8 Å². The SMILES string of the molecule is Cl.Cl.Nc1cnccc1-c1ccccc1. The minimum Gasteiger partial charge on any atom is -0.397 e. The van der Waals surface area contributed by atoms with Gasteiger partial charge in [0.15, 0.2) is 0 Å². The maximum atomic E-state index is 5.79. The Morgan fingerprint density at radius 1 is 0.933 bits per heavy atom. The average Bonchev–Trinajstić information content (AvgIpc) is 2.20. The van der Waals surface area contributed by atoms with Gasteiger partial charge in [0.1, 0.15) is 0 Å². The van der Waals surface area contributed by atoms with Gasteiger partial charge in [0.05, 0.1) is 11.9 Å². The van der Waals surface area contributed by atoms with Crippen molar-refractivity contribution in [1.29, 1.82) is 0 Å². The number of anilines is 1. The summed E-state index contributed by atoms with van der Waals surface area (Å²) >= 11 is 0. The molecule has 2 rings (SSSR count). The molecular weight excluding hydrogens is 231 g/mol. The van der Waals surface area contributed by atoms with E-state index in [0.717, 1.165) is 11.1 Å². The summed E-state index contributed by atoms with van der Waals surface area (Å²) in [4.78, 5) is 3.95. The predicted molar refractivity (Wildman–Crippen MR) is 68.6 cm³/mol. The lowest BCUT2D eigenvalue weighted by atomic mass is 10.1. The molecule has 1 aromatic heterocycles. The zero-order chi connectivity index (χ0) is 9.10. The molecular formula is C11H12Cl2N2. The molecule has 2 nitrogen and oxygen atoms in total. The van der Waals surface area contributed by atoms with E-state index in [1.54, 1.807) is 12.4 Å². The molecule has 0 saturated carbocycles. The summed E-state index contributed by atoms with van der Waals surface area (Å²) in [5, 5.41) is 0. The molecule has 0 bridgehead atoms. The highest BCUT2D eigenvalue weighted by Gasteiger charge is 1.99. The number of nitrogens with zero attached hydrogens (tertiary/aromatic N) is 1. The maximum Gasteiger partial charge on any atom is 0.0580 e. The first-order valence-electron chi connectivity index (χ1n) is 4.13. The Balaban J connectivity index is 0.000000980. The van der Waals surface area contributed by atoms with Crippen molar-refractivity contribution in [2.75, 3.05) is 5.73 Å². The first-order chi connectivity index (χ1) is 6.38. The summed E-state index contributed by atoms with van der Waals surface area (Å²) in [6, 6.07) is 12.0. The highest BCUT2D eigenvalue weighted by Crippen LogP contribution is 2.23. The van der Waals surface area contributed by atoms with Crippen LogP contribution in [0.3, 0.4) is 0 Å². The second-order valence-corrected chi connectivity index (χ2v) is 2.83. The molecule has 0 aliphatic rings. The average molecular weight is 243 g/mol. The highest BCUT2D eigenvalue weighted by atomic mass is 35.5. The van der Waals surface area contributed by atoms with Crippen molar-refractivity contribution in [3.8, 4) is 11.1 Å². The number of aromatic nitrogens is 1. The van der Waals surface area contributed by atoms with Crippen LogP contribution in [-0.4, -0.2) is 4.98 Å². The molecule has 0 aliphatic heterocycles. The van der Waals surface area contributed by atoms with Crippen LogP contribution in [0.4, 0.5) is 5.69 Å². The number of nitrogen functional groups attached to an aromatic ring is 1. The van der Waals surface area contributed by atoms with E-state index in [1.807, 2.05) is 36.4 Å². The molecule has 0 unspecified atom stereocenters. The van der Waals surface area contributed by atoms with E-state index in [9.17, 15) is 0 Å². The van der Waals surface area contributed by atoms with E-state index in [4.69, 9.17) is 5.73 Å². The Morgan fingerprint density at radius 2 is 1.60 bits per heavy atom. The van der Waals surface area contributed by atoms with Crippen LogP contribution >= 0.6 is 24.8 Å². The fraction of sp³-hybridized carbons (Fsp3) is 0. The third-order valence-corrected chi connectivity index (χ3v) is 1.94. The van der Waals surface area contributed by atoms with Gasteiger partial charge in [0.25, 0.3) is 0 Å². The summed E-state index contributed by atoms with van der Waals surface area (Å²) in [7, 11) is 0. The number of rotatable bonds is 1. The molecule has 0 spiro atoms. The van der Waals surface area contributed by atoms with Crippen molar-refractivity contribution < 1.29 is 0 Å². The van der Waals surface area contributed by atoms with Gasteiger partial charge in [-0.1, -0.05) is 30.3 Å². The Morgan fingerprint density at radius 3 is 2.20 bits per heavy atom. The first kappa shape index (κ1) is 13.8. The minimum atomic E-state index is 0. The number of pyridine rings is 1. The van der Waals surface area contributed by atoms with Crippen LogP contribution < -0.4 is 5.73 Å². The summed E-state index contributed by atoms with van der Waals surface area (Å²) in [6.45, 7) is 0. The fourth-order valence-electron chi connectivity index (χ4n) is 1.29. The zero-order valence-electron chi connectivity index (χ0n) is 7.96. The fourth-order valence-corrected chi connectivity index (χ4v) is 1.29. The number of hydrogen-bond acceptors (Lipinski definition) is 2. The van der Waals surface area contributed by atoms with Crippen molar-refractivity contribution >= 4 is 30.5 Å². The Labute approximate surface area is 101 Å². The smallest absolute Gasteiger partial charge is 0.0580 e. The van der Waals surface area contributed by atoms with Gasteiger partial charge in [-0.15, -0.1) is 24.8 Å². The molecule has 15 heavy (non-hydrogen) atoms. The van der Waals surface area contributed by atoms with E-state index >= 15 is 0 Å². The zero-order valence-corrected chi connectivity index (χ0v) is 9.59. The van der Waals surface area contributed by atoms with Crippen LogP contribution in [0.2, 0.25) is 0 Å². The largest absolute Gasteiger partial charge is 0.397 e. The third-order valence-electron chi connectivity index (χ3n) is 1.94. The van der Waals surface area contributed by atoms with Crippen LogP contribution in [0.15, 0.2) is 48.8 Å². The standard InChI is InChI=1S/C11H10N2.2ClH/c12-11-8-13-7-6-10(11)9-4-2-1-3-5-9;;/h1-8H,12H2;2*1H. The first-order valence-corrected chi connectivity index (χ1v) is 4.13. The molecule has 2 N–H and O–H groups in total. The van der Waals surface area contributed by atoms with Crippen LogP contribution in [0.5, 0.6) is 0 Å². The molecule has 80 valence electrons. The molecule has 4 heteroatoms. The maximum absolute atomic E-state index is 5.79. The minimum absolute atomic E-state index is 0. The Kier molecular flexibility index (Phi) is 5.75. The van der Waals surface area contributed by atoms with Gasteiger partial charge >= 0.3 is 0 Å². The van der Waals surface area contributed by atoms with Crippen LogP contribution in [0, 0.1) is 0 Å². The molecule has 0 saturated heterocycles. The van der Waals surface area contributed by atoms with Crippen molar-refractivity contribution in [1.82, 2.24) is 4.98 Å². The highest BCUT2D eigenvalue weighted by molar-refractivity contribution is 5.85. The molecule has 0 radical (unpaired) electrons. The topological polar surface area (TPSA) is 38.9 Å². The third kappa shape index (κ3) is 3.11. The van der Waals surface area contributed by atoms with E-state index in [1.165, 1.54) is 0 Å². The lowest BCUT2D eigenvalue weighted by Crippen LogP contribution is -1.90. The van der Waals surface area contributed by atoms with E-state index in [2.05, 4.69) is 4.98 Å². The Hall–Kier alpha value is -1.25. The quantitative estimate of drug-likeness (QED) is 0.835. The summed E-state index contributed by atoms with van der Waals surface area (Å²) in [5.74, 6) is 0. The second kappa shape index (κ2) is 6.27. The van der Waals surface area contributed by atoms with Crippen LogP contribution in [-0.2, 0) is 0 Å². The molecule has 1 aromatic carbocycles. The molecule has 0 amide bonds. The lowest BCUT2D eigenvalue weighted by Gasteiger charge is -2.03. The van der Waals surface area contributed by atoms with Gasteiger partial charge in [-0.2, -0.15) is 0 Å². The number of halogens is 2. The summed E-state index contributed by atoms with van der Waals surface area (Å²) < 4.78 is 0. The van der Waals surface area contributed by atoms with Gasteiger partial charge in [0.2, 0.25) is 0 Å². The van der Waals surface area contributed by atoms with Crippen molar-refractivity contribution in [2.24, 2.45) is 0 Å². The van der Waals surface area contributed by atoms with Gasteiger partial charge in [0, 0.05) is 11.8 Å². The molecule has 0 aliphatic carbocycles. The summed E-state index contributed by atoms with van der Waals surface area (Å²) in [5.41, 5.74) is 8.67. The van der Waals surface area contributed by atoms with Gasteiger partial charge in [-0.25, -0.2) is 0 Å². The Bertz CT molecular complexity index is 404. The van der Waals surface area contributed by atoms with Gasteiger partial charge in [-0.3, -0.25) is 4.98 Å². The second-order valence-electron chi connectivity index (χ2n) is 2.83. The van der Waals surface area contributed by atoms with Gasteiger partial charge < -0.3 is 5.73 Å².